The third kappa shape index (κ3) is 4.93. The van der Waals surface area contributed by atoms with Gasteiger partial charge < -0.3 is 19.7 Å². The highest BCUT2D eigenvalue weighted by molar-refractivity contribution is 6.34. The third-order valence-electron chi connectivity index (χ3n) is 3.89. The summed E-state index contributed by atoms with van der Waals surface area (Å²) in [6.45, 7) is 2.45. The van der Waals surface area contributed by atoms with Crippen molar-refractivity contribution in [3.63, 3.8) is 0 Å². The van der Waals surface area contributed by atoms with Crippen molar-refractivity contribution in [1.82, 2.24) is 5.32 Å². The first-order chi connectivity index (χ1) is 11.9. The molecular formula is C17H21ClN2O5. The van der Waals surface area contributed by atoms with E-state index in [-0.39, 0.29) is 30.5 Å². The topological polar surface area (TPSA) is 84.9 Å². The van der Waals surface area contributed by atoms with Gasteiger partial charge in [0, 0.05) is 26.6 Å². The van der Waals surface area contributed by atoms with E-state index in [1.807, 2.05) is 0 Å². The molecule has 7 nitrogen and oxygen atoms in total. The van der Waals surface area contributed by atoms with Crippen LogP contribution in [0.15, 0.2) is 18.2 Å². The van der Waals surface area contributed by atoms with Gasteiger partial charge in [0.25, 0.3) is 0 Å². The highest BCUT2D eigenvalue weighted by Gasteiger charge is 2.24. The van der Waals surface area contributed by atoms with Gasteiger partial charge >= 0.3 is 5.97 Å². The number of benzene rings is 1. The molecule has 1 N–H and O–H groups in total. The van der Waals surface area contributed by atoms with Crippen LogP contribution in [-0.4, -0.2) is 50.7 Å². The van der Waals surface area contributed by atoms with Gasteiger partial charge in [-0.25, -0.2) is 4.79 Å². The number of amides is 2. The number of hydrogen-bond acceptors (Lipinski definition) is 5. The molecule has 1 fully saturated rings. The van der Waals surface area contributed by atoms with Crippen molar-refractivity contribution in [2.45, 2.75) is 25.9 Å². The van der Waals surface area contributed by atoms with Crippen LogP contribution in [0.2, 0.25) is 5.02 Å². The third-order valence-corrected chi connectivity index (χ3v) is 4.21. The van der Waals surface area contributed by atoms with Crippen molar-refractivity contribution in [1.29, 1.82) is 0 Å². The van der Waals surface area contributed by atoms with Gasteiger partial charge in [0.1, 0.15) is 6.10 Å². The average Bonchev–Trinajstić information content (AvgIpc) is 3.13. The van der Waals surface area contributed by atoms with E-state index in [4.69, 9.17) is 16.3 Å². The predicted molar refractivity (Wildman–Crippen MR) is 92.8 cm³/mol. The van der Waals surface area contributed by atoms with Crippen LogP contribution < -0.4 is 10.2 Å². The normalized spacial score (nSPS) is 16.4. The Morgan fingerprint density at radius 1 is 1.40 bits per heavy atom. The van der Waals surface area contributed by atoms with Gasteiger partial charge in [-0.15, -0.1) is 0 Å². The summed E-state index contributed by atoms with van der Waals surface area (Å²) in [4.78, 5) is 37.0. The molecule has 0 bridgehead atoms. The predicted octanol–water partition coefficient (Wildman–Crippen LogP) is 1.77. The summed E-state index contributed by atoms with van der Waals surface area (Å²) in [6, 6.07) is 4.55. The summed E-state index contributed by atoms with van der Waals surface area (Å²) in [5.41, 5.74) is 0.681. The molecule has 0 aromatic heterocycles. The van der Waals surface area contributed by atoms with Crippen LogP contribution in [-0.2, 0) is 19.1 Å². The molecule has 1 aliphatic rings. The molecule has 1 unspecified atom stereocenters. The largest absolute Gasteiger partial charge is 0.465 e. The molecule has 0 radical (unpaired) electrons. The molecular weight excluding hydrogens is 348 g/mol. The maximum atomic E-state index is 12.0. The molecule has 1 saturated heterocycles. The smallest absolute Gasteiger partial charge is 0.337 e. The van der Waals surface area contributed by atoms with Crippen LogP contribution in [0, 0.1) is 0 Å². The zero-order valence-corrected chi connectivity index (χ0v) is 15.0. The van der Waals surface area contributed by atoms with Crippen molar-refractivity contribution in [2.24, 2.45) is 0 Å². The minimum Gasteiger partial charge on any atom is -0.465 e. The molecule has 0 spiro atoms. The Morgan fingerprint density at radius 3 is 2.76 bits per heavy atom. The molecule has 1 aromatic rings. The molecule has 1 aromatic carbocycles. The minimum atomic E-state index is -0.520. The van der Waals surface area contributed by atoms with E-state index in [9.17, 15) is 14.4 Å². The zero-order valence-electron chi connectivity index (χ0n) is 14.2. The summed E-state index contributed by atoms with van der Waals surface area (Å²) in [6.07, 6.45) is 1.15. The second-order valence-corrected chi connectivity index (χ2v) is 6.03. The van der Waals surface area contributed by atoms with Gasteiger partial charge in [0.2, 0.25) is 11.8 Å². The average molecular weight is 369 g/mol. The standard InChI is InChI=1S/C17H21ClN2O5/c1-11(21)20(8-7-19-16(22)15-4-3-9-25-15)14-10-12(17(23)24-2)5-6-13(14)18/h5-6,10,15H,3-4,7-9H2,1-2H3,(H,19,22). The molecule has 2 rings (SSSR count). The van der Waals surface area contributed by atoms with Crippen LogP contribution in [0.25, 0.3) is 0 Å². The van der Waals surface area contributed by atoms with E-state index < -0.39 is 12.1 Å². The van der Waals surface area contributed by atoms with Gasteiger partial charge in [-0.1, -0.05) is 11.6 Å². The second kappa shape index (κ2) is 8.82. The Bertz CT molecular complexity index is 658. The lowest BCUT2D eigenvalue weighted by molar-refractivity contribution is -0.130. The number of rotatable bonds is 6. The molecule has 136 valence electrons. The van der Waals surface area contributed by atoms with Gasteiger partial charge in [0.15, 0.2) is 0 Å². The fourth-order valence-electron chi connectivity index (χ4n) is 2.60. The lowest BCUT2D eigenvalue weighted by Gasteiger charge is -2.23. The van der Waals surface area contributed by atoms with E-state index in [1.54, 1.807) is 0 Å². The number of ether oxygens (including phenoxy) is 2. The molecule has 0 saturated carbocycles. The van der Waals surface area contributed by atoms with Crippen LogP contribution in [0.3, 0.4) is 0 Å². The molecule has 8 heteroatoms. The van der Waals surface area contributed by atoms with E-state index >= 15 is 0 Å². The molecule has 0 aliphatic carbocycles. The van der Waals surface area contributed by atoms with Gasteiger partial charge in [-0.05, 0) is 31.0 Å². The summed E-state index contributed by atoms with van der Waals surface area (Å²) >= 11 is 6.17. The van der Waals surface area contributed by atoms with E-state index in [0.29, 0.717) is 23.7 Å². The Hall–Kier alpha value is -2.12. The highest BCUT2D eigenvalue weighted by atomic mass is 35.5. The molecule has 2 amide bonds. The second-order valence-electron chi connectivity index (χ2n) is 5.62. The van der Waals surface area contributed by atoms with E-state index in [2.05, 4.69) is 10.1 Å². The van der Waals surface area contributed by atoms with Crippen molar-refractivity contribution >= 4 is 35.1 Å². The highest BCUT2D eigenvalue weighted by Crippen LogP contribution is 2.27. The van der Waals surface area contributed by atoms with Crippen molar-refractivity contribution in [3.05, 3.63) is 28.8 Å². The number of nitrogens with zero attached hydrogens (tertiary/aromatic N) is 1. The van der Waals surface area contributed by atoms with Gasteiger partial charge in [-0.3, -0.25) is 9.59 Å². The molecule has 1 aliphatic heterocycles. The lowest BCUT2D eigenvalue weighted by atomic mass is 10.2. The first-order valence-corrected chi connectivity index (χ1v) is 8.37. The Labute approximate surface area is 151 Å². The molecule has 25 heavy (non-hydrogen) atoms. The van der Waals surface area contributed by atoms with Gasteiger partial charge in [0.05, 0.1) is 23.4 Å². The minimum absolute atomic E-state index is 0.185. The zero-order chi connectivity index (χ0) is 18.4. The Kier molecular flexibility index (Phi) is 6.78. The van der Waals surface area contributed by atoms with Crippen LogP contribution >= 0.6 is 11.6 Å². The monoisotopic (exact) mass is 368 g/mol. The molecule has 1 heterocycles. The quantitative estimate of drug-likeness (QED) is 0.773. The number of anilines is 1. The summed E-state index contributed by atoms with van der Waals surface area (Å²) < 4.78 is 10.00. The number of esters is 1. The summed E-state index contributed by atoms with van der Waals surface area (Å²) in [7, 11) is 1.28. The fourth-order valence-corrected chi connectivity index (χ4v) is 2.82. The number of hydrogen-bond donors (Lipinski definition) is 1. The van der Waals surface area contributed by atoms with E-state index in [1.165, 1.54) is 37.1 Å². The number of nitrogens with one attached hydrogen (secondary N) is 1. The Morgan fingerprint density at radius 2 is 2.16 bits per heavy atom. The lowest BCUT2D eigenvalue weighted by Crippen LogP contribution is -2.41. The maximum absolute atomic E-state index is 12.0. The van der Waals surface area contributed by atoms with Gasteiger partial charge in [-0.2, -0.15) is 0 Å². The van der Waals surface area contributed by atoms with Crippen molar-refractivity contribution in [2.75, 3.05) is 31.7 Å². The first-order valence-electron chi connectivity index (χ1n) is 7.99. The van der Waals surface area contributed by atoms with E-state index in [0.717, 1.165) is 6.42 Å². The Balaban J connectivity index is 2.06. The number of carbonyl (C=O) groups is 3. The summed E-state index contributed by atoms with van der Waals surface area (Å²) in [5, 5.41) is 3.08. The van der Waals surface area contributed by atoms with Crippen molar-refractivity contribution < 1.29 is 23.9 Å². The SMILES string of the molecule is COC(=O)c1ccc(Cl)c(N(CCNC(=O)C2CCCO2)C(C)=O)c1. The number of methoxy groups -OCH3 is 1. The van der Waals surface area contributed by atoms with Crippen LogP contribution in [0.4, 0.5) is 5.69 Å². The fraction of sp³-hybridized carbons (Fsp3) is 0.471. The van der Waals surface area contributed by atoms with Crippen molar-refractivity contribution in [3.8, 4) is 0 Å². The molecule has 1 atom stereocenters. The number of carbonyl (C=O) groups excluding carboxylic acids is 3. The summed E-state index contributed by atoms with van der Waals surface area (Å²) in [5.74, 6) is -0.959. The first kappa shape index (κ1) is 19.2. The maximum Gasteiger partial charge on any atom is 0.337 e. The van der Waals surface area contributed by atoms with Crippen LogP contribution in [0.5, 0.6) is 0 Å². The number of halogens is 1. The van der Waals surface area contributed by atoms with Crippen LogP contribution in [0.1, 0.15) is 30.1 Å².